The smallest absolute Gasteiger partial charge is 0.332 e. The largest absolute Gasteiger partial charge is 0.348 e. The number of carbonyl (C=O) groups excluding carboxylic acids is 1. The van der Waals surface area contributed by atoms with Crippen LogP contribution in [0.25, 0.3) is 11.2 Å². The second kappa shape index (κ2) is 6.91. The van der Waals surface area contributed by atoms with Gasteiger partial charge in [0.25, 0.3) is 5.56 Å². The summed E-state index contributed by atoms with van der Waals surface area (Å²) in [6.07, 6.45) is 1.40. The van der Waals surface area contributed by atoms with Crippen molar-refractivity contribution in [2.45, 2.75) is 19.5 Å². The predicted molar refractivity (Wildman–Crippen MR) is 101 cm³/mol. The van der Waals surface area contributed by atoms with Gasteiger partial charge >= 0.3 is 5.69 Å². The Morgan fingerprint density at radius 1 is 1.19 bits per heavy atom. The van der Waals surface area contributed by atoms with Gasteiger partial charge in [-0.15, -0.1) is 0 Å². The van der Waals surface area contributed by atoms with Crippen LogP contribution in [0.15, 0.2) is 44.7 Å². The summed E-state index contributed by atoms with van der Waals surface area (Å²) in [5.74, 6) is -0.254. The van der Waals surface area contributed by atoms with E-state index in [1.807, 2.05) is 31.2 Å². The molecule has 2 aromatic heterocycles. The molecule has 1 atom stereocenters. The van der Waals surface area contributed by atoms with Gasteiger partial charge in [-0.25, -0.2) is 9.78 Å². The Morgan fingerprint density at radius 3 is 2.50 bits per heavy atom. The predicted octanol–water partition coefficient (Wildman–Crippen LogP) is 1.07. The van der Waals surface area contributed by atoms with E-state index in [0.29, 0.717) is 0 Å². The van der Waals surface area contributed by atoms with Crippen LogP contribution in [0.4, 0.5) is 0 Å². The molecule has 3 rings (SSSR count). The number of rotatable bonds is 4. The molecule has 8 nitrogen and oxygen atoms in total. The molecular weight excluding hydrogens is 402 g/mol. The zero-order valence-electron chi connectivity index (χ0n) is 14.6. The fourth-order valence-corrected chi connectivity index (χ4v) is 3.06. The third-order valence-corrected chi connectivity index (χ3v) is 4.81. The molecule has 0 saturated heterocycles. The zero-order valence-corrected chi connectivity index (χ0v) is 16.1. The summed E-state index contributed by atoms with van der Waals surface area (Å²) in [4.78, 5) is 40.9. The molecule has 1 N–H and O–H groups in total. The van der Waals surface area contributed by atoms with E-state index in [4.69, 9.17) is 0 Å². The molecule has 136 valence electrons. The van der Waals surface area contributed by atoms with Crippen molar-refractivity contribution in [2.75, 3.05) is 0 Å². The van der Waals surface area contributed by atoms with Crippen LogP contribution in [0, 0.1) is 0 Å². The number of hydrogen-bond donors (Lipinski definition) is 1. The Kier molecular flexibility index (Phi) is 4.82. The van der Waals surface area contributed by atoms with Crippen LogP contribution in [0.2, 0.25) is 0 Å². The highest BCUT2D eigenvalue weighted by Gasteiger charge is 2.17. The van der Waals surface area contributed by atoms with Crippen LogP contribution in [0.1, 0.15) is 18.5 Å². The van der Waals surface area contributed by atoms with E-state index in [0.717, 1.165) is 14.6 Å². The van der Waals surface area contributed by atoms with Crippen molar-refractivity contribution in [1.29, 1.82) is 0 Å². The van der Waals surface area contributed by atoms with E-state index in [2.05, 4.69) is 26.2 Å². The van der Waals surface area contributed by atoms with Crippen molar-refractivity contribution in [1.82, 2.24) is 24.0 Å². The molecule has 0 radical (unpaired) electrons. The van der Waals surface area contributed by atoms with Gasteiger partial charge in [0.05, 0.1) is 12.4 Å². The molecule has 0 aliphatic rings. The molecule has 1 amide bonds. The number of imidazole rings is 1. The van der Waals surface area contributed by atoms with Gasteiger partial charge in [0.1, 0.15) is 6.54 Å². The third-order valence-electron chi connectivity index (χ3n) is 4.28. The molecule has 0 aliphatic carbocycles. The highest BCUT2D eigenvalue weighted by molar-refractivity contribution is 9.10. The van der Waals surface area contributed by atoms with Crippen LogP contribution in [0.5, 0.6) is 0 Å². The Bertz CT molecular complexity index is 1090. The SMILES string of the molecule is CC(NC(=O)Cn1cnc2c1c(=O)n(C)c(=O)n2C)c1ccc(Br)cc1. The molecule has 0 spiro atoms. The summed E-state index contributed by atoms with van der Waals surface area (Å²) in [7, 11) is 2.94. The number of fused-ring (bicyclic) bond motifs is 1. The van der Waals surface area contributed by atoms with Gasteiger partial charge in [0.2, 0.25) is 5.91 Å². The standard InChI is InChI=1S/C17H18BrN5O3/c1-10(11-4-6-12(18)7-5-11)20-13(24)8-23-9-19-15-14(23)16(25)22(3)17(26)21(15)2/h4-7,9-10H,8H2,1-3H3,(H,20,24). The fraction of sp³-hybridized carbons (Fsp3) is 0.294. The van der Waals surface area contributed by atoms with E-state index < -0.39 is 11.2 Å². The van der Waals surface area contributed by atoms with Gasteiger partial charge in [-0.2, -0.15) is 0 Å². The average molecular weight is 420 g/mol. The topological polar surface area (TPSA) is 90.9 Å². The summed E-state index contributed by atoms with van der Waals surface area (Å²) in [5.41, 5.74) is 0.513. The Morgan fingerprint density at radius 2 is 1.85 bits per heavy atom. The van der Waals surface area contributed by atoms with Gasteiger partial charge in [-0.05, 0) is 24.6 Å². The number of amides is 1. The molecule has 0 aliphatic heterocycles. The first-order valence-electron chi connectivity index (χ1n) is 7.95. The highest BCUT2D eigenvalue weighted by Crippen LogP contribution is 2.16. The Labute approximate surface area is 157 Å². The normalized spacial score (nSPS) is 12.3. The first-order valence-corrected chi connectivity index (χ1v) is 8.74. The maximum Gasteiger partial charge on any atom is 0.332 e. The second-order valence-corrected chi connectivity index (χ2v) is 7.01. The van der Waals surface area contributed by atoms with Crippen LogP contribution < -0.4 is 16.6 Å². The lowest BCUT2D eigenvalue weighted by Crippen LogP contribution is -2.38. The second-order valence-electron chi connectivity index (χ2n) is 6.09. The number of carbonyl (C=O) groups is 1. The van der Waals surface area contributed by atoms with Crippen LogP contribution in [-0.2, 0) is 25.4 Å². The molecule has 1 aromatic carbocycles. The number of benzene rings is 1. The maximum absolute atomic E-state index is 12.4. The molecule has 9 heteroatoms. The van der Waals surface area contributed by atoms with Crippen molar-refractivity contribution in [3.63, 3.8) is 0 Å². The lowest BCUT2D eigenvalue weighted by atomic mass is 10.1. The summed E-state index contributed by atoms with van der Waals surface area (Å²) in [6.45, 7) is 1.82. The minimum atomic E-state index is -0.477. The summed E-state index contributed by atoms with van der Waals surface area (Å²) in [6, 6.07) is 7.48. The molecule has 26 heavy (non-hydrogen) atoms. The van der Waals surface area contributed by atoms with Gasteiger partial charge in [0, 0.05) is 18.6 Å². The number of hydrogen-bond acceptors (Lipinski definition) is 4. The van der Waals surface area contributed by atoms with Crippen molar-refractivity contribution in [3.8, 4) is 0 Å². The Balaban J connectivity index is 1.85. The molecule has 3 aromatic rings. The number of nitrogens with zero attached hydrogens (tertiary/aromatic N) is 4. The molecule has 0 bridgehead atoms. The number of aromatic nitrogens is 4. The monoisotopic (exact) mass is 419 g/mol. The minimum Gasteiger partial charge on any atom is -0.348 e. The highest BCUT2D eigenvalue weighted by atomic mass is 79.9. The summed E-state index contributed by atoms with van der Waals surface area (Å²) >= 11 is 3.38. The number of halogens is 1. The molecular formula is C17H18BrN5O3. The number of aryl methyl sites for hydroxylation is 1. The summed E-state index contributed by atoms with van der Waals surface area (Å²) in [5, 5.41) is 2.90. The Hall–Kier alpha value is -2.68. The average Bonchev–Trinajstić information content (AvgIpc) is 3.02. The van der Waals surface area contributed by atoms with Gasteiger partial charge in [-0.1, -0.05) is 28.1 Å². The van der Waals surface area contributed by atoms with Gasteiger partial charge in [0.15, 0.2) is 11.2 Å². The maximum atomic E-state index is 12.4. The quantitative estimate of drug-likeness (QED) is 0.684. The van der Waals surface area contributed by atoms with Gasteiger partial charge in [-0.3, -0.25) is 18.7 Å². The van der Waals surface area contributed by atoms with Crippen molar-refractivity contribution in [3.05, 3.63) is 61.5 Å². The van der Waals surface area contributed by atoms with Crippen LogP contribution in [-0.4, -0.2) is 24.6 Å². The first-order chi connectivity index (χ1) is 12.3. The molecule has 0 fully saturated rings. The van der Waals surface area contributed by atoms with Crippen molar-refractivity contribution in [2.24, 2.45) is 14.1 Å². The molecule has 2 heterocycles. The first kappa shape index (κ1) is 18.1. The van der Waals surface area contributed by atoms with Crippen molar-refractivity contribution >= 4 is 33.0 Å². The van der Waals surface area contributed by atoms with E-state index in [-0.39, 0.29) is 29.7 Å². The van der Waals surface area contributed by atoms with Crippen LogP contribution >= 0.6 is 15.9 Å². The fourth-order valence-electron chi connectivity index (χ4n) is 2.79. The van der Waals surface area contributed by atoms with Crippen LogP contribution in [0.3, 0.4) is 0 Å². The minimum absolute atomic E-state index is 0.0647. The molecule has 1 unspecified atom stereocenters. The zero-order chi connectivity index (χ0) is 19.0. The number of nitrogens with one attached hydrogen (secondary N) is 1. The van der Waals surface area contributed by atoms with Gasteiger partial charge < -0.3 is 9.88 Å². The van der Waals surface area contributed by atoms with Crippen molar-refractivity contribution < 1.29 is 4.79 Å². The lowest BCUT2D eigenvalue weighted by molar-refractivity contribution is -0.122. The van der Waals surface area contributed by atoms with E-state index in [1.165, 1.54) is 29.6 Å². The summed E-state index contributed by atoms with van der Waals surface area (Å²) < 4.78 is 4.71. The molecule has 0 saturated carbocycles. The van der Waals surface area contributed by atoms with E-state index >= 15 is 0 Å². The lowest BCUT2D eigenvalue weighted by Gasteiger charge is -2.15. The third kappa shape index (κ3) is 3.22. The van der Waals surface area contributed by atoms with E-state index in [1.54, 1.807) is 0 Å². The van der Waals surface area contributed by atoms with E-state index in [9.17, 15) is 14.4 Å².